The smallest absolute Gasteiger partial charge is 0.428 e. The van der Waals surface area contributed by atoms with Crippen LogP contribution in [0.5, 0.6) is 5.75 Å². The Morgan fingerprint density at radius 3 is 2.42 bits per heavy atom. The lowest BCUT2D eigenvalue weighted by molar-refractivity contribution is -0.262. The zero-order valence-corrected chi connectivity index (χ0v) is 14.5. The van der Waals surface area contributed by atoms with E-state index in [2.05, 4.69) is 0 Å². The molecular formula is C17H17F5O4. The average molecular weight is 380 g/mol. The normalized spacial score (nSPS) is 23.0. The van der Waals surface area contributed by atoms with Gasteiger partial charge in [-0.25, -0.2) is 9.18 Å². The van der Waals surface area contributed by atoms with Gasteiger partial charge in [0.05, 0.1) is 13.7 Å². The fourth-order valence-electron chi connectivity index (χ4n) is 2.78. The van der Waals surface area contributed by atoms with Crippen LogP contribution in [0, 0.1) is 17.6 Å². The summed E-state index contributed by atoms with van der Waals surface area (Å²) >= 11 is 0. The first-order chi connectivity index (χ1) is 12.0. The first kappa shape index (κ1) is 20.0. The van der Waals surface area contributed by atoms with E-state index in [1.165, 1.54) is 13.8 Å². The van der Waals surface area contributed by atoms with Crippen molar-refractivity contribution < 1.29 is 41.0 Å². The molecule has 1 aromatic rings. The van der Waals surface area contributed by atoms with Gasteiger partial charge in [0.1, 0.15) is 0 Å². The Hall–Kier alpha value is -2.32. The topological polar surface area (TPSA) is 44.8 Å². The van der Waals surface area contributed by atoms with Crippen molar-refractivity contribution in [2.75, 3.05) is 13.7 Å². The molecule has 1 unspecified atom stereocenters. The van der Waals surface area contributed by atoms with Crippen molar-refractivity contribution in [2.24, 2.45) is 5.92 Å². The Labute approximate surface area is 146 Å². The Balaban J connectivity index is 2.73. The third-order valence-electron chi connectivity index (χ3n) is 4.39. The van der Waals surface area contributed by atoms with Gasteiger partial charge in [-0.15, -0.1) is 0 Å². The molecule has 0 radical (unpaired) electrons. The second kappa shape index (κ2) is 6.77. The summed E-state index contributed by atoms with van der Waals surface area (Å²) in [5.41, 5.74) is -3.23. The van der Waals surface area contributed by atoms with Gasteiger partial charge in [0.25, 0.3) is 0 Å². The number of hydrogen-bond donors (Lipinski definition) is 0. The quantitative estimate of drug-likeness (QED) is 0.579. The van der Waals surface area contributed by atoms with E-state index >= 15 is 0 Å². The summed E-state index contributed by atoms with van der Waals surface area (Å²) in [5, 5.41) is 0. The van der Waals surface area contributed by atoms with Crippen molar-refractivity contribution >= 4 is 11.5 Å². The number of hydrogen-bond acceptors (Lipinski definition) is 4. The Morgan fingerprint density at radius 1 is 1.31 bits per heavy atom. The minimum Gasteiger partial charge on any atom is -0.493 e. The predicted molar refractivity (Wildman–Crippen MR) is 81.2 cm³/mol. The molecule has 1 heterocycles. The number of carbonyl (C=O) groups excluding carboxylic acids is 1. The minimum atomic E-state index is -4.84. The number of methoxy groups -OCH3 is 1. The molecule has 2 atom stereocenters. The van der Waals surface area contributed by atoms with Crippen LogP contribution >= 0.6 is 0 Å². The summed E-state index contributed by atoms with van der Waals surface area (Å²) in [6.07, 6.45) is -4.84. The van der Waals surface area contributed by atoms with Gasteiger partial charge in [-0.1, -0.05) is 6.92 Å². The maximum atomic E-state index is 14.0. The highest BCUT2D eigenvalue weighted by Gasteiger charge is 2.63. The Kier molecular flexibility index (Phi) is 5.21. The third-order valence-corrected chi connectivity index (χ3v) is 4.39. The number of halogens is 5. The van der Waals surface area contributed by atoms with E-state index in [-0.39, 0.29) is 17.7 Å². The number of ether oxygens (including phenoxy) is 3. The largest absolute Gasteiger partial charge is 0.493 e. The van der Waals surface area contributed by atoms with E-state index < -0.39 is 46.8 Å². The molecule has 9 heteroatoms. The van der Waals surface area contributed by atoms with Crippen LogP contribution in [0.4, 0.5) is 22.0 Å². The first-order valence-electron chi connectivity index (χ1n) is 7.68. The highest BCUT2D eigenvalue weighted by atomic mass is 19.4. The van der Waals surface area contributed by atoms with Gasteiger partial charge in [-0.05, 0) is 26.0 Å². The molecule has 0 saturated heterocycles. The highest BCUT2D eigenvalue weighted by molar-refractivity contribution is 5.98. The molecule has 1 aromatic carbocycles. The SMILES string of the molecule is CCOC(=O)C1=C(c2ccc(F)c(F)c2OC)[C@@H](C)C(C)(C(F)(F)F)O1. The van der Waals surface area contributed by atoms with Crippen LogP contribution in [0.15, 0.2) is 17.9 Å². The average Bonchev–Trinajstić information content (AvgIpc) is 2.83. The van der Waals surface area contributed by atoms with E-state index in [0.717, 1.165) is 26.2 Å². The Bertz CT molecular complexity index is 756. The number of benzene rings is 1. The van der Waals surface area contributed by atoms with E-state index in [0.29, 0.717) is 0 Å². The van der Waals surface area contributed by atoms with Crippen LogP contribution in [0.2, 0.25) is 0 Å². The molecule has 4 nitrogen and oxygen atoms in total. The number of rotatable bonds is 4. The maximum absolute atomic E-state index is 14.0. The zero-order valence-electron chi connectivity index (χ0n) is 14.5. The monoisotopic (exact) mass is 380 g/mol. The summed E-state index contributed by atoms with van der Waals surface area (Å²) in [5.74, 6) is -6.50. The van der Waals surface area contributed by atoms with Crippen molar-refractivity contribution in [3.63, 3.8) is 0 Å². The molecule has 0 saturated carbocycles. The van der Waals surface area contributed by atoms with Gasteiger partial charge >= 0.3 is 12.1 Å². The number of esters is 1. The highest BCUT2D eigenvalue weighted by Crippen LogP contribution is 2.53. The lowest BCUT2D eigenvalue weighted by Gasteiger charge is -2.32. The van der Waals surface area contributed by atoms with Crippen molar-refractivity contribution in [1.29, 1.82) is 0 Å². The molecule has 0 amide bonds. The van der Waals surface area contributed by atoms with Crippen LogP contribution in [-0.4, -0.2) is 31.5 Å². The van der Waals surface area contributed by atoms with E-state index in [1.54, 1.807) is 0 Å². The molecule has 1 aliphatic rings. The first-order valence-corrected chi connectivity index (χ1v) is 7.68. The number of carbonyl (C=O) groups is 1. The molecule has 0 aliphatic carbocycles. The van der Waals surface area contributed by atoms with Crippen LogP contribution < -0.4 is 4.74 Å². The summed E-state index contributed by atoms with van der Waals surface area (Å²) in [4.78, 5) is 12.2. The molecule has 0 spiro atoms. The third kappa shape index (κ3) is 2.99. The molecule has 144 valence electrons. The minimum absolute atomic E-state index is 0.106. The van der Waals surface area contributed by atoms with E-state index in [1.807, 2.05) is 0 Å². The second-order valence-corrected chi connectivity index (χ2v) is 5.83. The van der Waals surface area contributed by atoms with Crippen LogP contribution in [0.3, 0.4) is 0 Å². The summed E-state index contributed by atoms with van der Waals surface area (Å²) in [7, 11) is 1.04. The fraction of sp³-hybridized carbons (Fsp3) is 0.471. The van der Waals surface area contributed by atoms with Crippen molar-refractivity contribution in [3.8, 4) is 5.75 Å². The fourth-order valence-corrected chi connectivity index (χ4v) is 2.78. The summed E-state index contributed by atoms with van der Waals surface area (Å²) < 4.78 is 82.8. The summed E-state index contributed by atoms with van der Waals surface area (Å²) in [6.45, 7) is 3.31. The van der Waals surface area contributed by atoms with Crippen molar-refractivity contribution in [3.05, 3.63) is 35.1 Å². The standard InChI is InChI=1S/C17H17F5O4/c1-5-25-15(23)14-11(8(2)16(3,26-14)17(20,21)22)9-6-7-10(18)12(19)13(9)24-4/h6-8H,5H2,1-4H3/t8-,16?/m1/s1. The van der Waals surface area contributed by atoms with Gasteiger partial charge in [0.2, 0.25) is 17.2 Å². The second-order valence-electron chi connectivity index (χ2n) is 5.83. The predicted octanol–water partition coefficient (Wildman–Crippen LogP) is 4.23. The Morgan fingerprint density at radius 2 is 1.92 bits per heavy atom. The number of alkyl halides is 3. The summed E-state index contributed by atoms with van der Waals surface area (Å²) in [6, 6.07) is 1.77. The molecule has 0 bridgehead atoms. The molecule has 0 N–H and O–H groups in total. The molecule has 26 heavy (non-hydrogen) atoms. The molecule has 2 rings (SSSR count). The van der Waals surface area contributed by atoms with Crippen LogP contribution in [0.25, 0.3) is 5.57 Å². The van der Waals surface area contributed by atoms with Crippen molar-refractivity contribution in [2.45, 2.75) is 32.5 Å². The van der Waals surface area contributed by atoms with E-state index in [4.69, 9.17) is 14.2 Å². The van der Waals surface area contributed by atoms with Crippen molar-refractivity contribution in [1.82, 2.24) is 0 Å². The lowest BCUT2D eigenvalue weighted by atomic mass is 9.82. The van der Waals surface area contributed by atoms with Gasteiger partial charge in [-0.3, -0.25) is 0 Å². The van der Waals surface area contributed by atoms with Crippen LogP contribution in [-0.2, 0) is 14.3 Å². The molecule has 1 aliphatic heterocycles. The van der Waals surface area contributed by atoms with Crippen LogP contribution in [0.1, 0.15) is 26.3 Å². The lowest BCUT2D eigenvalue weighted by Crippen LogP contribution is -2.47. The molecule has 0 aromatic heterocycles. The zero-order chi connectivity index (χ0) is 19.9. The van der Waals surface area contributed by atoms with E-state index in [9.17, 15) is 26.7 Å². The maximum Gasteiger partial charge on any atom is 0.428 e. The van der Waals surface area contributed by atoms with Gasteiger partial charge < -0.3 is 14.2 Å². The molecular weight excluding hydrogens is 363 g/mol. The van der Waals surface area contributed by atoms with Gasteiger partial charge in [0, 0.05) is 17.1 Å². The van der Waals surface area contributed by atoms with Gasteiger partial charge in [-0.2, -0.15) is 17.6 Å². The molecule has 0 fully saturated rings. The van der Waals surface area contributed by atoms with Gasteiger partial charge in [0.15, 0.2) is 11.6 Å².